The first-order chi connectivity index (χ1) is 10.6. The second kappa shape index (κ2) is 10.5. The lowest BCUT2D eigenvalue weighted by atomic mass is 10.1. The van der Waals surface area contributed by atoms with Crippen molar-refractivity contribution in [2.45, 2.75) is 51.9 Å². The summed E-state index contributed by atoms with van der Waals surface area (Å²) in [5, 5.41) is 14.5. The van der Waals surface area contributed by atoms with E-state index in [-0.39, 0.29) is 11.3 Å². The first-order valence-corrected chi connectivity index (χ1v) is 7.71. The number of hydrazone groups is 1. The molecule has 22 heavy (non-hydrogen) atoms. The minimum atomic E-state index is -0.529. The zero-order valence-corrected chi connectivity index (χ0v) is 13.0. The van der Waals surface area contributed by atoms with E-state index in [0.717, 1.165) is 12.8 Å². The topological polar surface area (TPSA) is 84.6 Å². The van der Waals surface area contributed by atoms with Gasteiger partial charge in [-0.3, -0.25) is 14.9 Å². The number of carbonyl (C=O) groups is 1. The number of carbonyl (C=O) groups excluding carboxylic acids is 1. The zero-order valence-electron chi connectivity index (χ0n) is 13.0. The quantitative estimate of drug-likeness (QED) is 0.306. The Morgan fingerprint density at radius 2 is 2.00 bits per heavy atom. The number of nitro groups is 1. The fourth-order valence-corrected chi connectivity index (χ4v) is 2.01. The summed E-state index contributed by atoms with van der Waals surface area (Å²) in [7, 11) is 0. The Labute approximate surface area is 130 Å². The fourth-order valence-electron chi connectivity index (χ4n) is 2.01. The normalized spacial score (nSPS) is 10.8. The van der Waals surface area contributed by atoms with Gasteiger partial charge in [0.25, 0.3) is 11.6 Å². The Balaban J connectivity index is 2.26. The molecule has 1 rings (SSSR count). The van der Waals surface area contributed by atoms with Gasteiger partial charge in [0.2, 0.25) is 0 Å². The molecule has 0 radical (unpaired) electrons. The Hall–Kier alpha value is -2.24. The van der Waals surface area contributed by atoms with Crippen LogP contribution in [0.3, 0.4) is 0 Å². The lowest BCUT2D eigenvalue weighted by molar-refractivity contribution is -0.384. The van der Waals surface area contributed by atoms with E-state index in [1.807, 2.05) is 0 Å². The van der Waals surface area contributed by atoms with E-state index in [2.05, 4.69) is 17.5 Å². The second-order valence-corrected chi connectivity index (χ2v) is 5.12. The van der Waals surface area contributed by atoms with E-state index in [4.69, 9.17) is 0 Å². The van der Waals surface area contributed by atoms with Gasteiger partial charge in [-0.15, -0.1) is 0 Å². The molecule has 6 heteroatoms. The van der Waals surface area contributed by atoms with Gasteiger partial charge in [-0.1, -0.05) is 45.1 Å². The molecule has 0 fully saturated rings. The maximum absolute atomic E-state index is 11.8. The molecule has 6 nitrogen and oxygen atoms in total. The molecule has 0 saturated heterocycles. The van der Waals surface area contributed by atoms with Gasteiger partial charge in [0.15, 0.2) is 0 Å². The van der Waals surface area contributed by atoms with Gasteiger partial charge in [0.1, 0.15) is 0 Å². The van der Waals surface area contributed by atoms with Crippen LogP contribution >= 0.6 is 0 Å². The minimum Gasteiger partial charge on any atom is -0.267 e. The van der Waals surface area contributed by atoms with Crippen molar-refractivity contribution in [1.29, 1.82) is 0 Å². The summed E-state index contributed by atoms with van der Waals surface area (Å²) in [5.41, 5.74) is 2.50. The van der Waals surface area contributed by atoms with E-state index in [1.54, 1.807) is 6.21 Å². The number of nitrogens with one attached hydrogen (secondary N) is 1. The molecule has 1 aromatic carbocycles. The maximum Gasteiger partial charge on any atom is 0.271 e. The van der Waals surface area contributed by atoms with Crippen LogP contribution in [0.25, 0.3) is 0 Å². The Kier molecular flexibility index (Phi) is 8.49. The van der Waals surface area contributed by atoms with Crippen molar-refractivity contribution < 1.29 is 9.72 Å². The SMILES string of the molecule is CCCCCCCC/C=N/NC(=O)c1cccc([N+](=O)[O-])c1. The van der Waals surface area contributed by atoms with Crippen LogP contribution in [-0.4, -0.2) is 17.0 Å². The molecule has 0 aliphatic heterocycles. The average molecular weight is 305 g/mol. The van der Waals surface area contributed by atoms with Gasteiger partial charge >= 0.3 is 0 Å². The molecule has 0 aliphatic carbocycles. The van der Waals surface area contributed by atoms with Gasteiger partial charge in [0, 0.05) is 23.9 Å². The van der Waals surface area contributed by atoms with E-state index in [0.29, 0.717) is 0 Å². The molecule has 0 heterocycles. The first kappa shape index (κ1) is 17.8. The number of nitrogens with zero attached hydrogens (tertiary/aromatic N) is 2. The van der Waals surface area contributed by atoms with Crippen LogP contribution in [0.2, 0.25) is 0 Å². The predicted octanol–water partition coefficient (Wildman–Crippen LogP) is 4.06. The highest BCUT2D eigenvalue weighted by molar-refractivity contribution is 5.94. The smallest absolute Gasteiger partial charge is 0.267 e. The van der Waals surface area contributed by atoms with Crippen LogP contribution in [0.15, 0.2) is 29.4 Å². The van der Waals surface area contributed by atoms with Crippen LogP contribution < -0.4 is 5.43 Å². The minimum absolute atomic E-state index is 0.108. The third kappa shape index (κ3) is 6.97. The molecule has 1 amide bonds. The molecular weight excluding hydrogens is 282 g/mol. The summed E-state index contributed by atoms with van der Waals surface area (Å²) in [6.07, 6.45) is 9.76. The van der Waals surface area contributed by atoms with Gasteiger partial charge in [-0.2, -0.15) is 5.10 Å². The highest BCUT2D eigenvalue weighted by atomic mass is 16.6. The highest BCUT2D eigenvalue weighted by Gasteiger charge is 2.10. The maximum atomic E-state index is 11.8. The molecule has 0 spiro atoms. The number of rotatable bonds is 10. The summed E-state index contributed by atoms with van der Waals surface area (Å²) in [5.74, 6) is -0.442. The zero-order chi connectivity index (χ0) is 16.2. The van der Waals surface area contributed by atoms with Crippen LogP contribution in [0.5, 0.6) is 0 Å². The van der Waals surface area contributed by atoms with Crippen molar-refractivity contribution in [3.63, 3.8) is 0 Å². The summed E-state index contributed by atoms with van der Waals surface area (Å²) in [4.78, 5) is 21.9. The van der Waals surface area contributed by atoms with E-state index in [9.17, 15) is 14.9 Å². The molecule has 0 atom stereocenters. The number of benzene rings is 1. The van der Waals surface area contributed by atoms with E-state index in [1.165, 1.54) is 56.4 Å². The molecule has 0 unspecified atom stereocenters. The predicted molar refractivity (Wildman–Crippen MR) is 87.0 cm³/mol. The van der Waals surface area contributed by atoms with E-state index < -0.39 is 10.8 Å². The van der Waals surface area contributed by atoms with Crippen LogP contribution in [0, 0.1) is 10.1 Å². The van der Waals surface area contributed by atoms with Crippen molar-refractivity contribution in [2.75, 3.05) is 0 Å². The fraction of sp³-hybridized carbons (Fsp3) is 0.500. The molecule has 0 bridgehead atoms. The first-order valence-electron chi connectivity index (χ1n) is 7.71. The van der Waals surface area contributed by atoms with Crippen LogP contribution in [-0.2, 0) is 0 Å². The number of unbranched alkanes of at least 4 members (excludes halogenated alkanes) is 6. The van der Waals surface area contributed by atoms with Crippen LogP contribution in [0.4, 0.5) is 5.69 Å². The van der Waals surface area contributed by atoms with Crippen molar-refractivity contribution >= 4 is 17.8 Å². The van der Waals surface area contributed by atoms with Gasteiger partial charge in [0.05, 0.1) is 4.92 Å². The Bertz CT molecular complexity index is 515. The Morgan fingerprint density at radius 3 is 2.73 bits per heavy atom. The second-order valence-electron chi connectivity index (χ2n) is 5.12. The van der Waals surface area contributed by atoms with Gasteiger partial charge < -0.3 is 0 Å². The Morgan fingerprint density at radius 1 is 1.27 bits per heavy atom. The average Bonchev–Trinajstić information content (AvgIpc) is 2.53. The van der Waals surface area contributed by atoms with E-state index >= 15 is 0 Å². The molecule has 1 aromatic rings. The number of nitro benzene ring substituents is 1. The van der Waals surface area contributed by atoms with Gasteiger partial charge in [-0.25, -0.2) is 5.43 Å². The lowest BCUT2D eigenvalue weighted by Gasteiger charge is -2.00. The standard InChI is InChI=1S/C16H23N3O3/c1-2-3-4-5-6-7-8-12-17-18-16(20)14-10-9-11-15(13-14)19(21)22/h9-13H,2-8H2,1H3,(H,18,20)/b17-12+. The van der Waals surface area contributed by atoms with Gasteiger partial charge in [-0.05, 0) is 18.9 Å². The van der Waals surface area contributed by atoms with Crippen molar-refractivity contribution in [2.24, 2.45) is 5.10 Å². The highest BCUT2D eigenvalue weighted by Crippen LogP contribution is 2.12. The largest absolute Gasteiger partial charge is 0.271 e. The molecule has 1 N–H and O–H groups in total. The van der Waals surface area contributed by atoms with Crippen molar-refractivity contribution in [3.05, 3.63) is 39.9 Å². The number of amides is 1. The summed E-state index contributed by atoms with van der Waals surface area (Å²) < 4.78 is 0. The number of hydrogen-bond acceptors (Lipinski definition) is 4. The molecule has 120 valence electrons. The molecule has 0 saturated carbocycles. The summed E-state index contributed by atoms with van der Waals surface area (Å²) >= 11 is 0. The summed E-state index contributed by atoms with van der Waals surface area (Å²) in [6, 6.07) is 5.58. The third-order valence-corrected chi connectivity index (χ3v) is 3.26. The molecular formula is C16H23N3O3. The van der Waals surface area contributed by atoms with Crippen molar-refractivity contribution in [3.8, 4) is 0 Å². The summed E-state index contributed by atoms with van der Waals surface area (Å²) in [6.45, 7) is 2.19. The number of hydrogen-bond donors (Lipinski definition) is 1. The monoisotopic (exact) mass is 305 g/mol. The number of non-ortho nitro benzene ring substituents is 1. The van der Waals surface area contributed by atoms with Crippen LogP contribution in [0.1, 0.15) is 62.2 Å². The lowest BCUT2D eigenvalue weighted by Crippen LogP contribution is -2.17. The molecule has 0 aliphatic rings. The van der Waals surface area contributed by atoms with Crippen molar-refractivity contribution in [1.82, 2.24) is 5.43 Å². The molecule has 0 aromatic heterocycles. The third-order valence-electron chi connectivity index (χ3n) is 3.26.